The van der Waals surface area contributed by atoms with E-state index in [1.54, 1.807) is 55.6 Å². The molecule has 0 radical (unpaired) electrons. The molecule has 2 aliphatic heterocycles. The van der Waals surface area contributed by atoms with Gasteiger partial charge in [0.2, 0.25) is 5.91 Å². The van der Waals surface area contributed by atoms with Gasteiger partial charge in [-0.1, -0.05) is 24.8 Å². The molecule has 0 saturated carbocycles. The third kappa shape index (κ3) is 4.24. The third-order valence-electron chi connectivity index (χ3n) is 6.30. The van der Waals surface area contributed by atoms with Gasteiger partial charge >= 0.3 is 0 Å². The highest BCUT2D eigenvalue weighted by atomic mass is 32.2. The lowest BCUT2D eigenvalue weighted by Gasteiger charge is -2.16. The minimum atomic E-state index is -3.21. The molecule has 1 unspecified atom stereocenters. The smallest absolute Gasteiger partial charge is 0.270 e. The Bertz CT molecular complexity index is 1650. The number of ether oxygens (including phenoxy) is 1. The van der Waals surface area contributed by atoms with Crippen LogP contribution in [-0.2, 0) is 19.4 Å². The molecular formula is C25H23N3O6S2. The van der Waals surface area contributed by atoms with Crippen LogP contribution < -0.4 is 29.7 Å². The number of para-hydroxylation sites is 1. The summed E-state index contributed by atoms with van der Waals surface area (Å²) in [4.78, 5) is 41.1. The van der Waals surface area contributed by atoms with Crippen LogP contribution in [0.1, 0.15) is 18.0 Å². The van der Waals surface area contributed by atoms with Gasteiger partial charge in [-0.25, -0.2) is 8.42 Å². The zero-order valence-corrected chi connectivity index (χ0v) is 21.0. The zero-order chi connectivity index (χ0) is 25.6. The number of sulfone groups is 1. The topological polar surface area (TPSA) is 115 Å². The van der Waals surface area contributed by atoms with Crippen molar-refractivity contribution in [2.75, 3.05) is 35.4 Å². The van der Waals surface area contributed by atoms with E-state index in [4.69, 9.17) is 4.74 Å². The Morgan fingerprint density at radius 1 is 1.17 bits per heavy atom. The number of thiazole rings is 1. The Kier molecular flexibility index (Phi) is 6.05. The number of anilines is 2. The fourth-order valence-electron chi connectivity index (χ4n) is 4.61. The van der Waals surface area contributed by atoms with Gasteiger partial charge in [0, 0.05) is 11.3 Å². The zero-order valence-electron chi connectivity index (χ0n) is 19.4. The highest BCUT2D eigenvalue weighted by Gasteiger charge is 2.36. The molecule has 3 aromatic rings. The molecule has 2 aromatic carbocycles. The van der Waals surface area contributed by atoms with Gasteiger partial charge in [-0.15, -0.1) is 11.3 Å². The first-order chi connectivity index (χ1) is 17.2. The van der Waals surface area contributed by atoms with Gasteiger partial charge in [0.05, 0.1) is 40.6 Å². The van der Waals surface area contributed by atoms with Crippen molar-refractivity contribution in [3.8, 4) is 5.75 Å². The van der Waals surface area contributed by atoms with Crippen molar-refractivity contribution in [3.63, 3.8) is 0 Å². The highest BCUT2D eigenvalue weighted by Crippen LogP contribution is 2.35. The summed E-state index contributed by atoms with van der Waals surface area (Å²) in [7, 11) is -1.67. The van der Waals surface area contributed by atoms with Crippen molar-refractivity contribution in [2.45, 2.75) is 12.5 Å². The maximum atomic E-state index is 13.6. The molecule has 9 nitrogen and oxygen atoms in total. The summed E-state index contributed by atoms with van der Waals surface area (Å²) in [6.07, 6.45) is 0.332. The van der Waals surface area contributed by atoms with E-state index in [0.717, 1.165) is 11.3 Å². The van der Waals surface area contributed by atoms with Crippen LogP contribution in [0.3, 0.4) is 0 Å². The number of hydrogen-bond donors (Lipinski definition) is 1. The molecule has 2 aliphatic rings. The van der Waals surface area contributed by atoms with Crippen LogP contribution in [-0.4, -0.2) is 50.0 Å². The molecule has 0 aliphatic carbocycles. The first-order valence-electron chi connectivity index (χ1n) is 11.2. The lowest BCUT2D eigenvalue weighted by Crippen LogP contribution is -2.39. The maximum Gasteiger partial charge on any atom is 0.270 e. The molecule has 2 amide bonds. The third-order valence-corrected chi connectivity index (χ3v) is 9.07. The number of carbonyl (C=O) groups excluding carboxylic acids is 2. The van der Waals surface area contributed by atoms with E-state index in [1.807, 2.05) is 0 Å². The van der Waals surface area contributed by atoms with Gasteiger partial charge in [0.1, 0.15) is 16.8 Å². The van der Waals surface area contributed by atoms with E-state index in [1.165, 1.54) is 9.47 Å². The van der Waals surface area contributed by atoms with E-state index in [0.29, 0.717) is 33.8 Å². The van der Waals surface area contributed by atoms with Gasteiger partial charge in [0.15, 0.2) is 9.84 Å². The SMILES string of the molecule is C=c1s/c(=C2\C(=O)N(CC(=O)Nc3ccc(OC)cc3)c3ccccc32)c(=O)n1C1CCS(=O)(=O)C1. The molecule has 3 heterocycles. The molecule has 1 N–H and O–H groups in total. The largest absolute Gasteiger partial charge is 0.497 e. The van der Waals surface area contributed by atoms with Crippen LogP contribution >= 0.6 is 11.3 Å². The Morgan fingerprint density at radius 2 is 1.89 bits per heavy atom. The Labute approximate surface area is 210 Å². The summed E-state index contributed by atoms with van der Waals surface area (Å²) >= 11 is 1.07. The Morgan fingerprint density at radius 3 is 2.56 bits per heavy atom. The lowest BCUT2D eigenvalue weighted by molar-refractivity contribution is -0.118. The van der Waals surface area contributed by atoms with E-state index in [9.17, 15) is 22.8 Å². The number of methoxy groups -OCH3 is 1. The highest BCUT2D eigenvalue weighted by molar-refractivity contribution is 7.91. The molecule has 1 atom stereocenters. The first kappa shape index (κ1) is 24.0. The van der Waals surface area contributed by atoms with Crippen molar-refractivity contribution >= 4 is 56.5 Å². The van der Waals surface area contributed by atoms with Crippen LogP contribution in [0.4, 0.5) is 11.4 Å². The van der Waals surface area contributed by atoms with Gasteiger partial charge < -0.3 is 10.1 Å². The molecule has 1 saturated heterocycles. The van der Waals surface area contributed by atoms with E-state index >= 15 is 0 Å². The van der Waals surface area contributed by atoms with Crippen molar-refractivity contribution in [1.29, 1.82) is 0 Å². The normalized spacial score (nSPS) is 19.9. The van der Waals surface area contributed by atoms with Crippen molar-refractivity contribution in [1.82, 2.24) is 4.57 Å². The monoisotopic (exact) mass is 525 g/mol. The van der Waals surface area contributed by atoms with Crippen molar-refractivity contribution in [2.24, 2.45) is 0 Å². The minimum Gasteiger partial charge on any atom is -0.497 e. The lowest BCUT2D eigenvalue weighted by atomic mass is 10.1. The number of amides is 2. The molecule has 1 fully saturated rings. The molecular weight excluding hydrogens is 502 g/mol. The summed E-state index contributed by atoms with van der Waals surface area (Å²) < 4.78 is 31.1. The van der Waals surface area contributed by atoms with Crippen LogP contribution in [0, 0.1) is 0 Å². The number of aromatic nitrogens is 1. The predicted molar refractivity (Wildman–Crippen MR) is 139 cm³/mol. The summed E-state index contributed by atoms with van der Waals surface area (Å²) in [6.45, 7) is 3.70. The second-order valence-corrected chi connectivity index (χ2v) is 11.9. The van der Waals surface area contributed by atoms with Crippen LogP contribution in [0.15, 0.2) is 53.3 Å². The van der Waals surface area contributed by atoms with Gasteiger partial charge in [-0.3, -0.25) is 23.9 Å². The second-order valence-electron chi connectivity index (χ2n) is 8.62. The average molecular weight is 526 g/mol. The Hall–Kier alpha value is -3.70. The van der Waals surface area contributed by atoms with E-state index in [-0.39, 0.29) is 28.2 Å². The first-order valence-corrected chi connectivity index (χ1v) is 13.8. The number of carbonyl (C=O) groups is 2. The fraction of sp³-hybridized carbons (Fsp3) is 0.240. The number of nitrogens with zero attached hydrogens (tertiary/aromatic N) is 2. The minimum absolute atomic E-state index is 0.0180. The number of hydrogen-bond acceptors (Lipinski definition) is 7. The van der Waals surface area contributed by atoms with Crippen LogP contribution in [0.5, 0.6) is 5.75 Å². The molecule has 1 aromatic heterocycles. The number of nitrogens with one attached hydrogen (secondary N) is 1. The van der Waals surface area contributed by atoms with Gasteiger partial charge in [0.25, 0.3) is 11.5 Å². The Balaban J connectivity index is 1.51. The standard InChI is InChI=1S/C25H23N3O6S2/c1-15-28(17-11-12-36(32,33)14-17)25(31)23(35-15)22-19-5-3-4-6-20(19)27(24(22)30)13-21(29)26-16-7-9-18(34-2)10-8-16/h3-10,17H,1,11-14H2,2H3,(H,26,29)/b23-22-. The maximum absolute atomic E-state index is 13.6. The molecule has 11 heteroatoms. The van der Waals surface area contributed by atoms with Gasteiger partial charge in [-0.2, -0.15) is 0 Å². The number of benzene rings is 2. The predicted octanol–water partition coefficient (Wildman–Crippen LogP) is 0.873. The van der Waals surface area contributed by atoms with Crippen LogP contribution in [0.25, 0.3) is 12.2 Å². The molecule has 186 valence electrons. The van der Waals surface area contributed by atoms with Gasteiger partial charge in [-0.05, 0) is 36.8 Å². The summed E-state index contributed by atoms with van der Waals surface area (Å²) in [5.74, 6) is -0.321. The van der Waals surface area contributed by atoms with E-state index < -0.39 is 33.3 Å². The number of fused-ring (bicyclic) bond motifs is 1. The quantitative estimate of drug-likeness (QED) is 0.529. The van der Waals surface area contributed by atoms with Crippen molar-refractivity contribution in [3.05, 3.63) is 73.6 Å². The fourth-order valence-corrected chi connectivity index (χ4v) is 7.37. The molecule has 36 heavy (non-hydrogen) atoms. The summed E-state index contributed by atoms with van der Waals surface area (Å²) in [5.41, 5.74) is 1.39. The summed E-state index contributed by atoms with van der Waals surface area (Å²) in [5, 5.41) is 2.77. The molecule has 5 rings (SSSR count). The molecule has 0 bridgehead atoms. The van der Waals surface area contributed by atoms with Crippen molar-refractivity contribution < 1.29 is 22.7 Å². The summed E-state index contributed by atoms with van der Waals surface area (Å²) in [6, 6.07) is 13.3. The average Bonchev–Trinajstić information content (AvgIpc) is 3.44. The van der Waals surface area contributed by atoms with Crippen LogP contribution in [0.2, 0.25) is 0 Å². The molecule has 0 spiro atoms. The number of rotatable bonds is 5. The van der Waals surface area contributed by atoms with E-state index in [2.05, 4.69) is 11.9 Å². The second kappa shape index (κ2) is 9.07.